The Bertz CT molecular complexity index is 798. The second-order valence-electron chi connectivity index (χ2n) is 5.36. The molecule has 0 amide bonds. The van der Waals surface area contributed by atoms with Gasteiger partial charge in [0.1, 0.15) is 12.4 Å². The molecule has 6 heteroatoms. The van der Waals surface area contributed by atoms with E-state index >= 15 is 0 Å². The summed E-state index contributed by atoms with van der Waals surface area (Å²) >= 11 is 0. The van der Waals surface area contributed by atoms with Crippen molar-refractivity contribution in [2.75, 3.05) is 20.5 Å². The average Bonchev–Trinajstić information content (AvgIpc) is 3.02. The van der Waals surface area contributed by atoms with Crippen molar-refractivity contribution >= 4 is 5.78 Å². The summed E-state index contributed by atoms with van der Waals surface area (Å²) in [6.07, 6.45) is 0. The molecule has 0 aliphatic carbocycles. The summed E-state index contributed by atoms with van der Waals surface area (Å²) in [5.41, 5.74) is 1.20. The topological polar surface area (TPSA) is 74.2 Å². The van der Waals surface area contributed by atoms with E-state index in [0.29, 0.717) is 22.8 Å². The van der Waals surface area contributed by atoms with Gasteiger partial charge >= 0.3 is 0 Å². The van der Waals surface area contributed by atoms with Crippen molar-refractivity contribution in [2.24, 2.45) is 0 Å². The van der Waals surface area contributed by atoms with Crippen LogP contribution in [0.2, 0.25) is 0 Å². The zero-order chi connectivity index (χ0) is 16.0. The normalized spacial score (nSPS) is 18.3. The van der Waals surface area contributed by atoms with Gasteiger partial charge in [0.2, 0.25) is 6.79 Å². The second-order valence-corrected chi connectivity index (χ2v) is 5.36. The number of ether oxygens (including phenoxy) is 4. The molecular formula is C17H14O6. The average molecular weight is 314 g/mol. The van der Waals surface area contributed by atoms with Gasteiger partial charge in [-0.05, 0) is 23.8 Å². The van der Waals surface area contributed by atoms with Gasteiger partial charge in [0, 0.05) is 6.07 Å². The maximum absolute atomic E-state index is 12.8. The number of phenolic OH excluding ortho intramolecular Hbond substituents is 1. The number of Topliss-reactive ketones (excluding diaryl/α,β-unsaturated/α-hetero) is 1. The van der Waals surface area contributed by atoms with Crippen molar-refractivity contribution in [3.63, 3.8) is 0 Å². The number of carbonyl (C=O) groups excluding carboxylic acids is 1. The van der Waals surface area contributed by atoms with Crippen LogP contribution < -0.4 is 18.9 Å². The number of benzene rings is 2. The third kappa shape index (κ3) is 2.14. The van der Waals surface area contributed by atoms with E-state index in [-0.39, 0.29) is 30.7 Å². The smallest absolute Gasteiger partial charge is 0.231 e. The molecule has 0 radical (unpaired) electrons. The summed E-state index contributed by atoms with van der Waals surface area (Å²) in [7, 11) is 1.44. The summed E-state index contributed by atoms with van der Waals surface area (Å²) in [6.45, 7) is 0.393. The van der Waals surface area contributed by atoms with Crippen molar-refractivity contribution in [3.05, 3.63) is 41.5 Å². The molecule has 2 aliphatic heterocycles. The lowest BCUT2D eigenvalue weighted by molar-refractivity contribution is 0.0895. The molecule has 2 heterocycles. The zero-order valence-corrected chi connectivity index (χ0v) is 12.4. The predicted molar refractivity (Wildman–Crippen MR) is 79.8 cm³/mol. The molecule has 23 heavy (non-hydrogen) atoms. The summed E-state index contributed by atoms with van der Waals surface area (Å²) in [6, 6.07) is 8.34. The number of ketones is 1. The fourth-order valence-corrected chi connectivity index (χ4v) is 2.84. The number of aromatic hydroxyl groups is 1. The highest BCUT2D eigenvalue weighted by atomic mass is 16.7. The van der Waals surface area contributed by atoms with Crippen molar-refractivity contribution in [3.8, 4) is 28.7 Å². The molecule has 118 valence electrons. The first-order valence-electron chi connectivity index (χ1n) is 7.15. The van der Waals surface area contributed by atoms with Crippen molar-refractivity contribution < 1.29 is 28.8 Å². The Balaban J connectivity index is 1.72. The molecule has 0 bridgehead atoms. The van der Waals surface area contributed by atoms with Crippen LogP contribution in [0.3, 0.4) is 0 Å². The summed E-state index contributed by atoms with van der Waals surface area (Å²) < 4.78 is 21.4. The van der Waals surface area contributed by atoms with Gasteiger partial charge < -0.3 is 24.1 Å². The molecular weight excluding hydrogens is 300 g/mol. The SMILES string of the molecule is COc1cc2c(cc1O)OCC(c1ccc3c(c1)OCO3)C2=O. The van der Waals surface area contributed by atoms with E-state index < -0.39 is 5.92 Å². The van der Waals surface area contributed by atoms with Crippen LogP contribution in [-0.2, 0) is 0 Å². The number of carbonyl (C=O) groups is 1. The predicted octanol–water partition coefficient (Wildman–Crippen LogP) is 2.49. The van der Waals surface area contributed by atoms with E-state index in [1.165, 1.54) is 19.2 Å². The van der Waals surface area contributed by atoms with Gasteiger partial charge in [-0.3, -0.25) is 4.79 Å². The summed E-state index contributed by atoms with van der Waals surface area (Å²) in [5, 5.41) is 9.79. The van der Waals surface area contributed by atoms with E-state index in [1.54, 1.807) is 12.1 Å². The molecule has 1 unspecified atom stereocenters. The van der Waals surface area contributed by atoms with Gasteiger partial charge in [-0.1, -0.05) is 6.07 Å². The number of fused-ring (bicyclic) bond motifs is 2. The standard InChI is InChI=1S/C17H14O6/c1-20-15-5-10-14(6-12(15)18)21-7-11(17(10)19)9-2-3-13-16(4-9)23-8-22-13/h2-6,11,18H,7-8H2,1H3. The van der Waals surface area contributed by atoms with Gasteiger partial charge in [-0.25, -0.2) is 0 Å². The zero-order valence-electron chi connectivity index (χ0n) is 12.4. The van der Waals surface area contributed by atoms with Crippen LogP contribution in [0.5, 0.6) is 28.7 Å². The van der Waals surface area contributed by atoms with Crippen LogP contribution in [-0.4, -0.2) is 31.4 Å². The number of hydrogen-bond acceptors (Lipinski definition) is 6. The van der Waals surface area contributed by atoms with E-state index in [0.717, 1.165) is 5.56 Å². The fraction of sp³-hybridized carbons (Fsp3) is 0.235. The van der Waals surface area contributed by atoms with Crippen LogP contribution in [0.15, 0.2) is 30.3 Å². The molecule has 2 aromatic rings. The lowest BCUT2D eigenvalue weighted by Gasteiger charge is -2.25. The van der Waals surface area contributed by atoms with Gasteiger partial charge in [0.05, 0.1) is 18.6 Å². The minimum Gasteiger partial charge on any atom is -0.504 e. The first-order chi connectivity index (χ1) is 11.2. The van der Waals surface area contributed by atoms with Crippen molar-refractivity contribution in [1.82, 2.24) is 0 Å². The van der Waals surface area contributed by atoms with Gasteiger partial charge in [0.25, 0.3) is 0 Å². The quantitative estimate of drug-likeness (QED) is 0.918. The summed E-state index contributed by atoms with van der Waals surface area (Å²) in [5.74, 6) is 1.34. The molecule has 0 fully saturated rings. The van der Waals surface area contributed by atoms with Crippen LogP contribution in [0.4, 0.5) is 0 Å². The van der Waals surface area contributed by atoms with E-state index in [9.17, 15) is 9.90 Å². The van der Waals surface area contributed by atoms with Gasteiger partial charge in [-0.15, -0.1) is 0 Å². The largest absolute Gasteiger partial charge is 0.504 e. The van der Waals surface area contributed by atoms with E-state index in [1.807, 2.05) is 6.07 Å². The molecule has 2 aliphatic rings. The molecule has 6 nitrogen and oxygen atoms in total. The van der Waals surface area contributed by atoms with Gasteiger partial charge in [-0.2, -0.15) is 0 Å². The Hall–Kier alpha value is -2.89. The fourth-order valence-electron chi connectivity index (χ4n) is 2.84. The minimum atomic E-state index is -0.439. The molecule has 0 saturated carbocycles. The third-order valence-electron chi connectivity index (χ3n) is 4.07. The number of phenols is 1. The lowest BCUT2D eigenvalue weighted by atomic mass is 9.88. The first kappa shape index (κ1) is 13.8. The van der Waals surface area contributed by atoms with Crippen LogP contribution in [0.1, 0.15) is 21.8 Å². The highest BCUT2D eigenvalue weighted by molar-refractivity contribution is 6.04. The molecule has 0 spiro atoms. The lowest BCUT2D eigenvalue weighted by Crippen LogP contribution is -2.26. The minimum absolute atomic E-state index is 0.0550. The second kappa shape index (κ2) is 5.08. The maximum atomic E-state index is 12.8. The Kier molecular flexibility index (Phi) is 3.04. The number of rotatable bonds is 2. The van der Waals surface area contributed by atoms with Crippen LogP contribution >= 0.6 is 0 Å². The Morgan fingerprint density at radius 1 is 1.09 bits per heavy atom. The number of hydrogen-bond donors (Lipinski definition) is 1. The Morgan fingerprint density at radius 3 is 2.74 bits per heavy atom. The van der Waals surface area contributed by atoms with E-state index in [4.69, 9.17) is 18.9 Å². The maximum Gasteiger partial charge on any atom is 0.231 e. The van der Waals surface area contributed by atoms with Crippen LogP contribution in [0, 0.1) is 0 Å². The van der Waals surface area contributed by atoms with E-state index in [2.05, 4.69) is 0 Å². The van der Waals surface area contributed by atoms with Crippen molar-refractivity contribution in [1.29, 1.82) is 0 Å². The van der Waals surface area contributed by atoms with Crippen LogP contribution in [0.25, 0.3) is 0 Å². The summed E-state index contributed by atoms with van der Waals surface area (Å²) in [4.78, 5) is 12.8. The molecule has 4 rings (SSSR count). The first-order valence-corrected chi connectivity index (χ1v) is 7.15. The molecule has 0 aromatic heterocycles. The highest BCUT2D eigenvalue weighted by Gasteiger charge is 2.32. The van der Waals surface area contributed by atoms with Gasteiger partial charge in [0.15, 0.2) is 28.8 Å². The molecule has 2 aromatic carbocycles. The third-order valence-corrected chi connectivity index (χ3v) is 4.07. The Morgan fingerprint density at radius 2 is 1.91 bits per heavy atom. The monoisotopic (exact) mass is 314 g/mol. The molecule has 1 N–H and O–H groups in total. The molecule has 1 atom stereocenters. The highest BCUT2D eigenvalue weighted by Crippen LogP contribution is 2.41. The number of methoxy groups -OCH3 is 1. The molecule has 0 saturated heterocycles. The Labute approximate surface area is 132 Å². The van der Waals surface area contributed by atoms with Crippen molar-refractivity contribution in [2.45, 2.75) is 5.92 Å².